The lowest BCUT2D eigenvalue weighted by Gasteiger charge is -2.29. The molecule has 0 fully saturated rings. The number of hydrogen-bond acceptors (Lipinski definition) is 10. The van der Waals surface area contributed by atoms with Crippen molar-refractivity contribution in [2.24, 2.45) is 14.1 Å². The van der Waals surface area contributed by atoms with Crippen molar-refractivity contribution in [1.82, 2.24) is 38.1 Å². The van der Waals surface area contributed by atoms with Crippen LogP contribution in [0.25, 0.3) is 0 Å². The normalized spacial score (nSPS) is 14.0. The van der Waals surface area contributed by atoms with Crippen molar-refractivity contribution in [3.63, 3.8) is 0 Å². The molecule has 0 amide bonds. The summed E-state index contributed by atoms with van der Waals surface area (Å²) < 4.78 is 72.4. The Kier molecular flexibility index (Phi) is 16.5. The van der Waals surface area contributed by atoms with E-state index in [4.69, 9.17) is 9.47 Å². The Bertz CT molecular complexity index is 2270. The standard InChI is InChI=1S/2C23H30N4O3S/c2*1-17-6-10-20(11-7-17)14-27(15-21-12-8-18(2)9-13-21)31(28,29)19(3)22(30-5)23-24-16-25-26(23)4/h2*6-13,16,19,22H,14-15H2,1-5H3/t2*19-,22-/m10/s1. The lowest BCUT2D eigenvalue weighted by atomic mass is 10.1. The van der Waals surface area contributed by atoms with Crippen molar-refractivity contribution in [3.05, 3.63) is 166 Å². The van der Waals surface area contributed by atoms with E-state index in [0.717, 1.165) is 44.5 Å². The number of benzene rings is 4. The maximum atomic E-state index is 13.8. The number of nitrogens with zero attached hydrogens (tertiary/aromatic N) is 8. The molecule has 6 rings (SSSR count). The van der Waals surface area contributed by atoms with Crippen molar-refractivity contribution in [2.45, 2.75) is 90.4 Å². The van der Waals surface area contributed by atoms with Gasteiger partial charge in [-0.3, -0.25) is 9.36 Å². The van der Waals surface area contributed by atoms with Gasteiger partial charge < -0.3 is 9.47 Å². The minimum absolute atomic E-state index is 0.274. The van der Waals surface area contributed by atoms with Crippen LogP contribution in [0.3, 0.4) is 0 Å². The van der Waals surface area contributed by atoms with Crippen LogP contribution in [0, 0.1) is 27.7 Å². The Hall–Kier alpha value is -5.10. The fraction of sp³-hybridized carbons (Fsp3) is 0.391. The average Bonchev–Trinajstić information content (AvgIpc) is 3.88. The zero-order valence-corrected chi connectivity index (χ0v) is 39.0. The summed E-state index contributed by atoms with van der Waals surface area (Å²) in [6.45, 7) is 12.5. The Morgan fingerprint density at radius 3 is 0.919 bits per heavy atom. The molecule has 16 heteroatoms. The van der Waals surface area contributed by atoms with Crippen LogP contribution in [0.15, 0.2) is 110 Å². The molecule has 2 heterocycles. The number of sulfonamides is 2. The second-order valence-corrected chi connectivity index (χ2v) is 20.4. The van der Waals surface area contributed by atoms with Crippen molar-refractivity contribution in [1.29, 1.82) is 0 Å². The second kappa shape index (κ2) is 21.3. The lowest BCUT2D eigenvalue weighted by Crippen LogP contribution is -2.40. The van der Waals surface area contributed by atoms with E-state index in [-0.39, 0.29) is 26.2 Å². The maximum absolute atomic E-state index is 13.8. The Morgan fingerprint density at radius 1 is 0.484 bits per heavy atom. The molecule has 0 saturated carbocycles. The number of hydrogen-bond donors (Lipinski definition) is 0. The molecule has 0 radical (unpaired) electrons. The summed E-state index contributed by atoms with van der Waals surface area (Å²) >= 11 is 0. The number of aryl methyl sites for hydroxylation is 6. The molecule has 0 aliphatic heterocycles. The fourth-order valence-electron chi connectivity index (χ4n) is 6.98. The van der Waals surface area contributed by atoms with Gasteiger partial charge in [-0.15, -0.1) is 0 Å². The highest BCUT2D eigenvalue weighted by Gasteiger charge is 2.39. The molecular weight excluding hydrogens is 825 g/mol. The molecule has 332 valence electrons. The van der Waals surface area contributed by atoms with Gasteiger partial charge in [0.15, 0.2) is 11.6 Å². The molecule has 0 aliphatic rings. The van der Waals surface area contributed by atoms with E-state index in [2.05, 4.69) is 20.2 Å². The van der Waals surface area contributed by atoms with Gasteiger partial charge in [0, 0.05) is 54.5 Å². The number of aromatic nitrogens is 6. The minimum atomic E-state index is -3.74. The maximum Gasteiger partial charge on any atom is 0.220 e. The van der Waals surface area contributed by atoms with Crippen LogP contribution in [-0.2, 0) is 69.8 Å². The van der Waals surface area contributed by atoms with Crippen LogP contribution in [-0.4, -0.2) is 79.7 Å². The van der Waals surface area contributed by atoms with Crippen LogP contribution in [0.1, 0.15) is 82.2 Å². The molecule has 0 aliphatic carbocycles. The predicted molar refractivity (Wildman–Crippen MR) is 241 cm³/mol. The van der Waals surface area contributed by atoms with E-state index in [9.17, 15) is 16.8 Å². The zero-order valence-electron chi connectivity index (χ0n) is 37.4. The first-order valence-electron chi connectivity index (χ1n) is 20.4. The van der Waals surface area contributed by atoms with Gasteiger partial charge in [-0.25, -0.2) is 26.8 Å². The highest BCUT2D eigenvalue weighted by atomic mass is 32.2. The number of ether oxygens (including phenoxy) is 2. The summed E-state index contributed by atoms with van der Waals surface area (Å²) in [5.41, 5.74) is 8.25. The van der Waals surface area contributed by atoms with E-state index in [1.165, 1.54) is 35.5 Å². The molecule has 0 spiro atoms. The van der Waals surface area contributed by atoms with Gasteiger partial charge in [-0.05, 0) is 63.8 Å². The number of methoxy groups -OCH3 is 2. The summed E-state index contributed by atoms with van der Waals surface area (Å²) in [6, 6.07) is 31.7. The third-order valence-electron chi connectivity index (χ3n) is 10.9. The predicted octanol–water partition coefficient (Wildman–Crippen LogP) is 7.08. The SMILES string of the molecule is CO[C@@H](c1ncnn1C)[C@@H](C)S(=O)(=O)N(Cc1ccc(C)cc1)Cc1ccc(C)cc1.CO[C@H](c1ncnn1C)[C@H](C)S(=O)(=O)N(Cc1ccc(C)cc1)Cc1ccc(C)cc1. The molecule has 0 bridgehead atoms. The third kappa shape index (κ3) is 12.1. The largest absolute Gasteiger partial charge is 0.372 e. The smallest absolute Gasteiger partial charge is 0.220 e. The topological polar surface area (TPSA) is 155 Å². The van der Waals surface area contributed by atoms with E-state index < -0.39 is 42.8 Å². The minimum Gasteiger partial charge on any atom is -0.372 e. The molecule has 2 aromatic heterocycles. The van der Waals surface area contributed by atoms with Gasteiger partial charge in [0.25, 0.3) is 0 Å². The van der Waals surface area contributed by atoms with Crippen molar-refractivity contribution in [2.75, 3.05) is 14.2 Å². The summed E-state index contributed by atoms with van der Waals surface area (Å²) in [5.74, 6) is 0.952. The second-order valence-electron chi connectivity index (χ2n) is 15.8. The van der Waals surface area contributed by atoms with Crippen LogP contribution >= 0.6 is 0 Å². The Balaban J connectivity index is 0.000000234. The molecule has 14 nitrogen and oxygen atoms in total. The van der Waals surface area contributed by atoms with Gasteiger partial charge >= 0.3 is 0 Å². The van der Waals surface area contributed by atoms with Crippen molar-refractivity contribution < 1.29 is 26.3 Å². The highest BCUT2D eigenvalue weighted by Crippen LogP contribution is 2.30. The summed E-state index contributed by atoms with van der Waals surface area (Å²) in [4.78, 5) is 8.42. The molecule has 0 saturated heterocycles. The highest BCUT2D eigenvalue weighted by molar-refractivity contribution is 7.90. The Morgan fingerprint density at radius 2 is 0.726 bits per heavy atom. The van der Waals surface area contributed by atoms with Crippen LogP contribution in [0.5, 0.6) is 0 Å². The summed E-state index contributed by atoms with van der Waals surface area (Å²) in [6.07, 6.45) is 1.32. The number of rotatable bonds is 18. The van der Waals surface area contributed by atoms with Crippen LogP contribution < -0.4 is 0 Å². The molecule has 4 atom stereocenters. The van der Waals surface area contributed by atoms with E-state index in [0.29, 0.717) is 11.6 Å². The quantitative estimate of drug-likeness (QED) is 0.0875. The monoisotopic (exact) mass is 884 g/mol. The van der Waals surface area contributed by atoms with Gasteiger partial charge in [0.1, 0.15) is 35.4 Å². The van der Waals surface area contributed by atoms with Gasteiger partial charge in [0.05, 0.1) is 0 Å². The van der Waals surface area contributed by atoms with Crippen molar-refractivity contribution >= 4 is 20.0 Å². The van der Waals surface area contributed by atoms with E-state index >= 15 is 0 Å². The summed E-state index contributed by atoms with van der Waals surface area (Å²) in [7, 11) is -1.05. The first-order chi connectivity index (χ1) is 29.4. The lowest BCUT2D eigenvalue weighted by molar-refractivity contribution is 0.0898. The molecular formula is C46H60N8O6S2. The molecule has 4 aromatic carbocycles. The molecule has 6 aromatic rings. The van der Waals surface area contributed by atoms with Crippen molar-refractivity contribution in [3.8, 4) is 0 Å². The van der Waals surface area contributed by atoms with E-state index in [1.807, 2.05) is 125 Å². The van der Waals surface area contributed by atoms with Gasteiger partial charge in [0.2, 0.25) is 20.0 Å². The van der Waals surface area contributed by atoms with E-state index in [1.54, 1.807) is 37.3 Å². The first-order valence-corrected chi connectivity index (χ1v) is 23.4. The first kappa shape index (κ1) is 47.9. The molecule has 0 N–H and O–H groups in total. The van der Waals surface area contributed by atoms with Gasteiger partial charge in [-0.1, -0.05) is 119 Å². The van der Waals surface area contributed by atoms with Crippen LogP contribution in [0.2, 0.25) is 0 Å². The molecule has 0 unspecified atom stereocenters. The summed E-state index contributed by atoms with van der Waals surface area (Å²) in [5, 5.41) is 6.43. The van der Waals surface area contributed by atoms with Crippen LogP contribution in [0.4, 0.5) is 0 Å². The molecule has 62 heavy (non-hydrogen) atoms. The zero-order chi connectivity index (χ0) is 45.2. The van der Waals surface area contributed by atoms with Gasteiger partial charge in [-0.2, -0.15) is 18.8 Å². The third-order valence-corrected chi connectivity index (χ3v) is 15.3. The Labute approximate surface area is 367 Å². The fourth-order valence-corrected chi connectivity index (χ4v) is 10.3. The average molecular weight is 885 g/mol.